The standard InChI is InChI=1S/C20H20N4O4S2/c1-14-21-12-18(20(29)23-25)19(22-14)24(13-15-6-4-3-5-7-15)30(26,27)17-10-8-16(28-2)9-11-17/h3-12,25H,13H2,1-2H3,(H,23,29). The van der Waals surface area contributed by atoms with Crippen molar-refractivity contribution in [1.82, 2.24) is 15.4 Å². The van der Waals surface area contributed by atoms with Crippen molar-refractivity contribution in [2.75, 3.05) is 11.4 Å². The molecule has 0 saturated carbocycles. The van der Waals surface area contributed by atoms with Gasteiger partial charge < -0.3 is 4.74 Å². The molecule has 0 aliphatic carbocycles. The van der Waals surface area contributed by atoms with Crippen molar-refractivity contribution in [2.45, 2.75) is 18.4 Å². The number of hydrogen-bond acceptors (Lipinski definition) is 7. The minimum atomic E-state index is -4.04. The second-order valence-corrected chi connectivity index (χ2v) is 8.54. The average Bonchev–Trinajstić information content (AvgIpc) is 2.77. The maximum Gasteiger partial charge on any atom is 0.265 e. The lowest BCUT2D eigenvalue weighted by molar-refractivity contribution is 0.238. The molecule has 2 N–H and O–H groups in total. The number of ether oxygens (including phenoxy) is 1. The molecule has 0 atom stereocenters. The Bertz CT molecular complexity index is 1140. The van der Waals surface area contributed by atoms with E-state index in [-0.39, 0.29) is 27.8 Å². The second-order valence-electron chi connectivity index (χ2n) is 6.27. The van der Waals surface area contributed by atoms with Gasteiger partial charge in [0.1, 0.15) is 16.6 Å². The molecule has 10 heteroatoms. The molecule has 0 unspecified atom stereocenters. The van der Waals surface area contributed by atoms with Gasteiger partial charge in [-0.15, -0.1) is 0 Å². The number of rotatable bonds is 7. The van der Waals surface area contributed by atoms with Crippen molar-refractivity contribution in [1.29, 1.82) is 0 Å². The van der Waals surface area contributed by atoms with E-state index in [4.69, 9.17) is 17.0 Å². The predicted octanol–water partition coefficient (Wildman–Crippen LogP) is 2.84. The summed E-state index contributed by atoms with van der Waals surface area (Å²) in [4.78, 5) is 8.39. The second kappa shape index (κ2) is 9.16. The number of hydroxylamine groups is 1. The number of anilines is 1. The van der Waals surface area contributed by atoms with Crippen LogP contribution in [-0.2, 0) is 16.6 Å². The van der Waals surface area contributed by atoms with E-state index in [0.717, 1.165) is 9.87 Å². The Hall–Kier alpha value is -3.08. The maximum atomic E-state index is 13.6. The van der Waals surface area contributed by atoms with Crippen LogP contribution in [0.5, 0.6) is 5.75 Å². The molecule has 1 aromatic heterocycles. The van der Waals surface area contributed by atoms with Crippen LogP contribution in [0, 0.1) is 6.92 Å². The van der Waals surface area contributed by atoms with E-state index in [1.165, 1.54) is 25.4 Å². The van der Waals surface area contributed by atoms with Crippen LogP contribution in [0.2, 0.25) is 0 Å². The monoisotopic (exact) mass is 444 g/mol. The number of aryl methyl sites for hydroxylation is 1. The number of thiocarbonyl (C=S) groups is 1. The van der Waals surface area contributed by atoms with E-state index >= 15 is 0 Å². The van der Waals surface area contributed by atoms with Gasteiger partial charge in [0.25, 0.3) is 10.0 Å². The lowest BCUT2D eigenvalue weighted by Gasteiger charge is -2.26. The first-order valence-corrected chi connectivity index (χ1v) is 10.7. The summed E-state index contributed by atoms with van der Waals surface area (Å²) in [6.45, 7) is 1.65. The number of methoxy groups -OCH3 is 1. The Balaban J connectivity index is 2.18. The van der Waals surface area contributed by atoms with Gasteiger partial charge in [-0.3, -0.25) is 10.7 Å². The van der Waals surface area contributed by atoms with Gasteiger partial charge in [-0.2, -0.15) is 0 Å². The Kier molecular flexibility index (Phi) is 6.60. The van der Waals surface area contributed by atoms with Crippen LogP contribution in [0.15, 0.2) is 65.7 Å². The first-order chi connectivity index (χ1) is 14.4. The summed E-state index contributed by atoms with van der Waals surface area (Å²) in [5, 5.41) is 9.30. The van der Waals surface area contributed by atoms with Crippen molar-refractivity contribution in [3.63, 3.8) is 0 Å². The molecule has 0 fully saturated rings. The topological polar surface area (TPSA) is 105 Å². The molecule has 0 aliphatic heterocycles. The summed E-state index contributed by atoms with van der Waals surface area (Å²) in [7, 11) is -2.54. The summed E-state index contributed by atoms with van der Waals surface area (Å²) in [5.74, 6) is 0.957. The first kappa shape index (κ1) is 21.6. The predicted molar refractivity (Wildman–Crippen MR) is 116 cm³/mol. The third-order valence-electron chi connectivity index (χ3n) is 4.29. The van der Waals surface area contributed by atoms with Crippen LogP contribution in [0.3, 0.4) is 0 Å². The molecular weight excluding hydrogens is 424 g/mol. The number of sulfonamides is 1. The van der Waals surface area contributed by atoms with Crippen LogP contribution in [0.4, 0.5) is 5.82 Å². The van der Waals surface area contributed by atoms with Crippen LogP contribution < -0.4 is 14.5 Å². The Morgan fingerprint density at radius 2 is 1.83 bits per heavy atom. The van der Waals surface area contributed by atoms with Gasteiger partial charge in [0.05, 0.1) is 24.1 Å². The van der Waals surface area contributed by atoms with E-state index in [0.29, 0.717) is 11.6 Å². The van der Waals surface area contributed by atoms with Gasteiger partial charge in [0.15, 0.2) is 5.82 Å². The third kappa shape index (κ3) is 4.56. The molecule has 156 valence electrons. The summed E-state index contributed by atoms with van der Waals surface area (Å²) < 4.78 is 33.5. The van der Waals surface area contributed by atoms with E-state index < -0.39 is 10.0 Å². The van der Waals surface area contributed by atoms with Crippen molar-refractivity contribution < 1.29 is 18.4 Å². The average molecular weight is 445 g/mol. The highest BCUT2D eigenvalue weighted by Gasteiger charge is 2.29. The zero-order valence-electron chi connectivity index (χ0n) is 16.3. The minimum Gasteiger partial charge on any atom is -0.497 e. The van der Waals surface area contributed by atoms with Crippen molar-refractivity contribution >= 4 is 33.0 Å². The summed E-state index contributed by atoms with van der Waals surface area (Å²) >= 11 is 5.13. The van der Waals surface area contributed by atoms with Crippen molar-refractivity contribution in [2.24, 2.45) is 0 Å². The fourth-order valence-corrected chi connectivity index (χ4v) is 4.33. The summed E-state index contributed by atoms with van der Waals surface area (Å²) in [6, 6.07) is 15.2. The summed E-state index contributed by atoms with van der Waals surface area (Å²) in [6.07, 6.45) is 1.38. The number of aromatic nitrogens is 2. The van der Waals surface area contributed by atoms with Gasteiger partial charge in [0, 0.05) is 6.20 Å². The fourth-order valence-electron chi connectivity index (χ4n) is 2.77. The highest BCUT2D eigenvalue weighted by Crippen LogP contribution is 2.28. The van der Waals surface area contributed by atoms with E-state index in [2.05, 4.69) is 9.97 Å². The van der Waals surface area contributed by atoms with Gasteiger partial charge in [-0.1, -0.05) is 42.5 Å². The highest BCUT2D eigenvalue weighted by molar-refractivity contribution is 7.92. The Labute approximate surface area is 180 Å². The van der Waals surface area contributed by atoms with Crippen LogP contribution in [0.1, 0.15) is 17.0 Å². The van der Waals surface area contributed by atoms with Gasteiger partial charge in [-0.25, -0.2) is 22.7 Å². The molecule has 0 bridgehead atoms. The van der Waals surface area contributed by atoms with Gasteiger partial charge in [0.2, 0.25) is 0 Å². The highest BCUT2D eigenvalue weighted by atomic mass is 32.2. The normalized spacial score (nSPS) is 11.0. The Morgan fingerprint density at radius 3 is 2.43 bits per heavy atom. The molecule has 3 rings (SSSR count). The number of hydrogen-bond donors (Lipinski definition) is 2. The van der Waals surface area contributed by atoms with Crippen molar-refractivity contribution in [3.05, 3.63) is 77.7 Å². The lowest BCUT2D eigenvalue weighted by atomic mass is 10.2. The molecule has 0 aliphatic rings. The number of nitrogens with one attached hydrogen (secondary N) is 1. The largest absolute Gasteiger partial charge is 0.497 e. The van der Waals surface area contributed by atoms with Gasteiger partial charge >= 0.3 is 0 Å². The molecule has 8 nitrogen and oxygen atoms in total. The number of benzene rings is 2. The minimum absolute atomic E-state index is 0.00664. The number of nitrogens with zero attached hydrogens (tertiary/aromatic N) is 3. The summed E-state index contributed by atoms with van der Waals surface area (Å²) in [5.41, 5.74) is 2.82. The van der Waals surface area contributed by atoms with E-state index in [1.54, 1.807) is 19.1 Å². The van der Waals surface area contributed by atoms with Crippen molar-refractivity contribution in [3.8, 4) is 5.75 Å². The smallest absolute Gasteiger partial charge is 0.265 e. The third-order valence-corrected chi connectivity index (χ3v) is 6.35. The molecule has 3 aromatic rings. The molecule has 2 aromatic carbocycles. The quantitative estimate of drug-likeness (QED) is 0.423. The lowest BCUT2D eigenvalue weighted by Crippen LogP contribution is -2.34. The van der Waals surface area contributed by atoms with Crippen LogP contribution in [0.25, 0.3) is 0 Å². The zero-order valence-corrected chi connectivity index (χ0v) is 17.9. The molecule has 0 amide bonds. The fraction of sp³-hybridized carbons (Fsp3) is 0.150. The maximum absolute atomic E-state index is 13.6. The Morgan fingerprint density at radius 1 is 1.17 bits per heavy atom. The SMILES string of the molecule is COc1ccc(S(=O)(=O)N(Cc2ccccc2)c2nc(C)ncc2C(=S)NO)cc1. The van der Waals surface area contributed by atoms with Crippen LogP contribution >= 0.6 is 12.2 Å². The molecular formula is C20H20N4O4S2. The molecule has 1 heterocycles. The molecule has 0 saturated heterocycles. The zero-order chi connectivity index (χ0) is 21.7. The molecule has 0 spiro atoms. The van der Waals surface area contributed by atoms with Gasteiger partial charge in [-0.05, 0) is 36.8 Å². The van der Waals surface area contributed by atoms with E-state index in [1.807, 2.05) is 35.8 Å². The molecule has 30 heavy (non-hydrogen) atoms. The van der Waals surface area contributed by atoms with E-state index in [9.17, 15) is 13.6 Å². The van der Waals surface area contributed by atoms with Crippen LogP contribution in [-0.4, -0.2) is 35.7 Å². The first-order valence-electron chi connectivity index (χ1n) is 8.85. The molecule has 0 radical (unpaired) electrons.